The molecule has 0 bridgehead atoms. The van der Waals surface area contributed by atoms with Gasteiger partial charge in [-0.1, -0.05) is 0 Å². The van der Waals surface area contributed by atoms with E-state index in [1.54, 1.807) is 6.26 Å². The third-order valence-electron chi connectivity index (χ3n) is 0.973. The van der Waals surface area contributed by atoms with Crippen LogP contribution in [0.15, 0.2) is 21.2 Å². The highest BCUT2D eigenvalue weighted by atomic mass is 79.9. The Morgan fingerprint density at radius 1 is 1.78 bits per heavy atom. The van der Waals surface area contributed by atoms with Gasteiger partial charge in [0.1, 0.15) is 12.0 Å². The van der Waals surface area contributed by atoms with Gasteiger partial charge in [-0.05, 0) is 29.0 Å². The van der Waals surface area contributed by atoms with Crippen LogP contribution in [-0.4, -0.2) is 7.05 Å². The van der Waals surface area contributed by atoms with E-state index in [-0.39, 0.29) is 0 Å². The summed E-state index contributed by atoms with van der Waals surface area (Å²) in [5.74, 6) is 0.948. The lowest BCUT2D eigenvalue weighted by Gasteiger charge is -1.89. The van der Waals surface area contributed by atoms with Crippen LogP contribution in [-0.2, 0) is 6.54 Å². The molecular weight excluding hydrogens is 182 g/mol. The zero-order valence-electron chi connectivity index (χ0n) is 5.15. The van der Waals surface area contributed by atoms with Crippen LogP contribution in [0.25, 0.3) is 0 Å². The van der Waals surface area contributed by atoms with Crippen molar-refractivity contribution in [3.05, 3.63) is 22.6 Å². The van der Waals surface area contributed by atoms with Crippen molar-refractivity contribution in [1.29, 1.82) is 0 Å². The SMILES string of the molecule is CNCc1cc(Br)co1. The number of furan rings is 1. The van der Waals surface area contributed by atoms with Gasteiger partial charge in [0.15, 0.2) is 0 Å². The maximum absolute atomic E-state index is 5.10. The molecule has 0 radical (unpaired) electrons. The number of hydrogen-bond donors (Lipinski definition) is 1. The molecule has 1 aromatic rings. The predicted octanol–water partition coefficient (Wildman–Crippen LogP) is 1.76. The van der Waals surface area contributed by atoms with Crippen molar-refractivity contribution < 1.29 is 4.42 Å². The Kier molecular flexibility index (Phi) is 2.30. The molecule has 50 valence electrons. The molecule has 0 aliphatic heterocycles. The number of halogens is 1. The zero-order chi connectivity index (χ0) is 6.69. The van der Waals surface area contributed by atoms with Crippen molar-refractivity contribution in [2.24, 2.45) is 0 Å². The van der Waals surface area contributed by atoms with Crippen LogP contribution in [0.4, 0.5) is 0 Å². The van der Waals surface area contributed by atoms with Crippen LogP contribution in [0, 0.1) is 0 Å². The second-order valence-electron chi connectivity index (χ2n) is 1.76. The molecule has 1 rings (SSSR count). The second kappa shape index (κ2) is 3.03. The van der Waals surface area contributed by atoms with Crippen molar-refractivity contribution in [3.8, 4) is 0 Å². The van der Waals surface area contributed by atoms with E-state index < -0.39 is 0 Å². The quantitative estimate of drug-likeness (QED) is 0.768. The van der Waals surface area contributed by atoms with E-state index in [1.165, 1.54) is 0 Å². The van der Waals surface area contributed by atoms with Gasteiger partial charge in [0, 0.05) is 0 Å². The van der Waals surface area contributed by atoms with Gasteiger partial charge in [-0.3, -0.25) is 0 Å². The van der Waals surface area contributed by atoms with E-state index in [0.29, 0.717) is 0 Å². The normalized spacial score (nSPS) is 10.0. The van der Waals surface area contributed by atoms with Crippen LogP contribution in [0.3, 0.4) is 0 Å². The van der Waals surface area contributed by atoms with Gasteiger partial charge < -0.3 is 9.73 Å². The molecule has 0 saturated carbocycles. The first-order valence-electron chi connectivity index (χ1n) is 2.70. The minimum atomic E-state index is 0.783. The highest BCUT2D eigenvalue weighted by Crippen LogP contribution is 2.13. The van der Waals surface area contributed by atoms with E-state index in [4.69, 9.17) is 4.42 Å². The van der Waals surface area contributed by atoms with Crippen molar-refractivity contribution in [1.82, 2.24) is 5.32 Å². The third-order valence-corrected chi connectivity index (χ3v) is 1.39. The summed E-state index contributed by atoms with van der Waals surface area (Å²) in [5.41, 5.74) is 0. The average molecular weight is 190 g/mol. The second-order valence-corrected chi connectivity index (χ2v) is 2.68. The lowest BCUT2D eigenvalue weighted by atomic mass is 10.4. The summed E-state index contributed by atoms with van der Waals surface area (Å²) in [6.07, 6.45) is 1.67. The smallest absolute Gasteiger partial charge is 0.118 e. The van der Waals surface area contributed by atoms with Crippen LogP contribution < -0.4 is 5.32 Å². The molecule has 0 atom stereocenters. The Bertz CT molecular complexity index is 185. The van der Waals surface area contributed by atoms with Gasteiger partial charge in [-0.15, -0.1) is 0 Å². The monoisotopic (exact) mass is 189 g/mol. The summed E-state index contributed by atoms with van der Waals surface area (Å²) < 4.78 is 6.09. The molecule has 0 fully saturated rings. The Labute approximate surface area is 62.4 Å². The van der Waals surface area contributed by atoms with Crippen molar-refractivity contribution in [2.75, 3.05) is 7.05 Å². The maximum atomic E-state index is 5.10. The molecule has 0 aliphatic rings. The Morgan fingerprint density at radius 3 is 3.00 bits per heavy atom. The lowest BCUT2D eigenvalue weighted by molar-refractivity contribution is 0.494. The van der Waals surface area contributed by atoms with Crippen LogP contribution >= 0.6 is 15.9 Å². The maximum Gasteiger partial charge on any atom is 0.118 e. The van der Waals surface area contributed by atoms with E-state index >= 15 is 0 Å². The van der Waals surface area contributed by atoms with Gasteiger partial charge in [-0.25, -0.2) is 0 Å². The molecule has 0 saturated heterocycles. The van der Waals surface area contributed by atoms with Gasteiger partial charge in [-0.2, -0.15) is 0 Å². The highest BCUT2D eigenvalue weighted by molar-refractivity contribution is 9.10. The molecule has 1 N–H and O–H groups in total. The van der Waals surface area contributed by atoms with Gasteiger partial charge in [0.2, 0.25) is 0 Å². The van der Waals surface area contributed by atoms with E-state index in [1.807, 2.05) is 13.1 Å². The molecule has 0 amide bonds. The summed E-state index contributed by atoms with van der Waals surface area (Å²) >= 11 is 3.28. The standard InChI is InChI=1S/C6H8BrNO/c1-8-3-6-2-5(7)4-9-6/h2,4,8H,3H2,1H3. The highest BCUT2D eigenvalue weighted by Gasteiger charge is 1.94. The first-order valence-corrected chi connectivity index (χ1v) is 3.49. The van der Waals surface area contributed by atoms with Crippen molar-refractivity contribution in [3.63, 3.8) is 0 Å². The van der Waals surface area contributed by atoms with Crippen LogP contribution in [0.1, 0.15) is 5.76 Å². The van der Waals surface area contributed by atoms with Gasteiger partial charge >= 0.3 is 0 Å². The zero-order valence-corrected chi connectivity index (χ0v) is 6.73. The topological polar surface area (TPSA) is 25.2 Å². The van der Waals surface area contributed by atoms with Crippen molar-refractivity contribution >= 4 is 15.9 Å². The molecule has 3 heteroatoms. The summed E-state index contributed by atoms with van der Waals surface area (Å²) in [6, 6.07) is 1.94. The van der Waals surface area contributed by atoms with Crippen molar-refractivity contribution in [2.45, 2.75) is 6.54 Å². The largest absolute Gasteiger partial charge is 0.467 e. The lowest BCUT2D eigenvalue weighted by Crippen LogP contribution is -2.03. The molecule has 0 aromatic carbocycles. The molecule has 1 aromatic heterocycles. The first kappa shape index (κ1) is 6.83. The minimum absolute atomic E-state index is 0.783. The number of rotatable bonds is 2. The number of nitrogens with one attached hydrogen (secondary N) is 1. The Hall–Kier alpha value is -0.280. The average Bonchev–Trinajstić information content (AvgIpc) is 2.17. The molecule has 0 aliphatic carbocycles. The molecular formula is C6H8BrNO. The van der Waals surface area contributed by atoms with Gasteiger partial charge in [0.25, 0.3) is 0 Å². The molecule has 2 nitrogen and oxygen atoms in total. The summed E-state index contributed by atoms with van der Waals surface area (Å²) in [4.78, 5) is 0. The molecule has 1 heterocycles. The summed E-state index contributed by atoms with van der Waals surface area (Å²) in [7, 11) is 1.89. The van der Waals surface area contributed by atoms with E-state index in [0.717, 1.165) is 16.8 Å². The minimum Gasteiger partial charge on any atom is -0.467 e. The Morgan fingerprint density at radius 2 is 2.56 bits per heavy atom. The van der Waals surface area contributed by atoms with E-state index in [2.05, 4.69) is 21.2 Å². The van der Waals surface area contributed by atoms with Gasteiger partial charge in [0.05, 0.1) is 11.0 Å². The van der Waals surface area contributed by atoms with Crippen LogP contribution in [0.5, 0.6) is 0 Å². The van der Waals surface area contributed by atoms with E-state index in [9.17, 15) is 0 Å². The predicted molar refractivity (Wildman–Crippen MR) is 39.2 cm³/mol. The fourth-order valence-electron chi connectivity index (χ4n) is 0.621. The summed E-state index contributed by atoms with van der Waals surface area (Å²) in [6.45, 7) is 0.783. The summed E-state index contributed by atoms with van der Waals surface area (Å²) in [5, 5.41) is 2.98. The number of hydrogen-bond acceptors (Lipinski definition) is 2. The van der Waals surface area contributed by atoms with Crippen LogP contribution in [0.2, 0.25) is 0 Å². The molecule has 9 heavy (non-hydrogen) atoms. The first-order chi connectivity index (χ1) is 4.33. The Balaban J connectivity index is 2.61. The fourth-order valence-corrected chi connectivity index (χ4v) is 0.970. The molecule has 0 unspecified atom stereocenters. The fraction of sp³-hybridized carbons (Fsp3) is 0.333. The third kappa shape index (κ3) is 1.84. The molecule has 0 spiro atoms.